The molecule has 0 unspecified atom stereocenters. The molecule has 1 amide bonds. The third kappa shape index (κ3) is 3.87. The number of aromatic nitrogens is 2. The Morgan fingerprint density at radius 2 is 2.13 bits per heavy atom. The molecule has 3 aromatic heterocycles. The molecule has 3 N–H and O–H groups in total. The standard InChI is InChI=1S/C22H22N6OS2/c1-28(2)16-6-5-13(10-15(16)27-21(29)17-4-3-9-30-17)26-20-19-14-7-8-23-11-18(14)31-22(19)25-12-24-20/h3-6,9-10,12,23H,7-8,11H2,1-2H3,(H,27,29)(H,24,25,26). The number of rotatable bonds is 5. The van der Waals surface area contributed by atoms with Gasteiger partial charge in [-0.15, -0.1) is 22.7 Å². The fraction of sp³-hybridized carbons (Fsp3) is 0.227. The summed E-state index contributed by atoms with van der Waals surface area (Å²) in [5, 5.41) is 12.9. The molecule has 5 rings (SSSR count). The van der Waals surface area contributed by atoms with Crippen molar-refractivity contribution >= 4 is 61.7 Å². The fourth-order valence-corrected chi connectivity index (χ4v) is 5.56. The highest BCUT2D eigenvalue weighted by Gasteiger charge is 2.20. The van der Waals surface area contributed by atoms with Crippen LogP contribution in [0.1, 0.15) is 20.1 Å². The third-order valence-electron chi connectivity index (χ3n) is 5.24. The molecular formula is C22H22N6OS2. The molecule has 0 atom stereocenters. The van der Waals surface area contributed by atoms with Crippen molar-refractivity contribution in [1.29, 1.82) is 0 Å². The Morgan fingerprint density at radius 1 is 1.23 bits per heavy atom. The topological polar surface area (TPSA) is 82.2 Å². The van der Waals surface area contributed by atoms with Crippen LogP contribution >= 0.6 is 22.7 Å². The summed E-state index contributed by atoms with van der Waals surface area (Å²) in [6.45, 7) is 1.84. The summed E-state index contributed by atoms with van der Waals surface area (Å²) >= 11 is 3.15. The molecule has 0 saturated carbocycles. The summed E-state index contributed by atoms with van der Waals surface area (Å²) < 4.78 is 0. The van der Waals surface area contributed by atoms with E-state index in [-0.39, 0.29) is 5.91 Å². The lowest BCUT2D eigenvalue weighted by Gasteiger charge is -2.19. The zero-order valence-corrected chi connectivity index (χ0v) is 18.9. The predicted octanol–water partition coefficient (Wildman–Crippen LogP) is 4.46. The van der Waals surface area contributed by atoms with Crippen LogP contribution in [0, 0.1) is 0 Å². The number of amides is 1. The minimum Gasteiger partial charge on any atom is -0.376 e. The van der Waals surface area contributed by atoms with Gasteiger partial charge in [-0.3, -0.25) is 4.79 Å². The van der Waals surface area contributed by atoms with Crippen LogP contribution < -0.4 is 20.9 Å². The molecule has 0 saturated heterocycles. The number of carbonyl (C=O) groups excluding carboxylic acids is 1. The van der Waals surface area contributed by atoms with Gasteiger partial charge in [-0.05, 0) is 48.2 Å². The summed E-state index contributed by atoms with van der Waals surface area (Å²) in [5.41, 5.74) is 3.87. The van der Waals surface area contributed by atoms with Crippen molar-refractivity contribution in [2.24, 2.45) is 0 Å². The van der Waals surface area contributed by atoms with Gasteiger partial charge in [0.15, 0.2) is 0 Å². The van der Waals surface area contributed by atoms with Crippen molar-refractivity contribution < 1.29 is 4.79 Å². The lowest BCUT2D eigenvalue weighted by atomic mass is 10.1. The molecule has 1 aromatic carbocycles. The summed E-state index contributed by atoms with van der Waals surface area (Å²) in [4.78, 5) is 26.7. The third-order valence-corrected chi connectivity index (χ3v) is 7.25. The summed E-state index contributed by atoms with van der Waals surface area (Å²) in [7, 11) is 3.92. The molecule has 1 aliphatic rings. The van der Waals surface area contributed by atoms with Crippen LogP contribution in [0.5, 0.6) is 0 Å². The van der Waals surface area contributed by atoms with Crippen molar-refractivity contribution in [3.63, 3.8) is 0 Å². The average Bonchev–Trinajstić information content (AvgIpc) is 3.42. The van der Waals surface area contributed by atoms with Crippen molar-refractivity contribution in [3.8, 4) is 0 Å². The van der Waals surface area contributed by atoms with Gasteiger partial charge in [0.05, 0.1) is 21.6 Å². The molecule has 0 fully saturated rings. The van der Waals surface area contributed by atoms with Gasteiger partial charge >= 0.3 is 0 Å². The number of anilines is 4. The van der Waals surface area contributed by atoms with E-state index in [4.69, 9.17) is 0 Å². The number of nitrogens with one attached hydrogen (secondary N) is 3. The minimum absolute atomic E-state index is 0.112. The van der Waals surface area contributed by atoms with E-state index in [1.54, 1.807) is 17.7 Å². The van der Waals surface area contributed by atoms with Crippen LogP contribution in [0.4, 0.5) is 22.9 Å². The number of thiophene rings is 2. The van der Waals surface area contributed by atoms with Crippen molar-refractivity contribution in [3.05, 3.63) is 57.4 Å². The van der Waals surface area contributed by atoms with Gasteiger partial charge in [0.1, 0.15) is 17.0 Å². The zero-order chi connectivity index (χ0) is 21.4. The second kappa shape index (κ2) is 8.26. The quantitative estimate of drug-likeness (QED) is 0.416. The lowest BCUT2D eigenvalue weighted by molar-refractivity contribution is 0.103. The number of benzene rings is 1. The Balaban J connectivity index is 1.50. The Bertz CT molecular complexity index is 1250. The average molecular weight is 451 g/mol. The van der Waals surface area contributed by atoms with Crippen LogP contribution in [0.25, 0.3) is 10.2 Å². The second-order valence-corrected chi connectivity index (χ2v) is 9.55. The molecule has 9 heteroatoms. The molecule has 0 radical (unpaired) electrons. The Kier molecular flexibility index (Phi) is 5.31. The first-order chi connectivity index (χ1) is 15.1. The van der Waals surface area contributed by atoms with Crippen LogP contribution in [-0.4, -0.2) is 36.5 Å². The van der Waals surface area contributed by atoms with Crippen molar-refractivity contribution in [2.75, 3.05) is 36.2 Å². The molecule has 31 heavy (non-hydrogen) atoms. The highest BCUT2D eigenvalue weighted by atomic mass is 32.1. The number of hydrogen-bond donors (Lipinski definition) is 3. The van der Waals surface area contributed by atoms with Gasteiger partial charge in [-0.25, -0.2) is 9.97 Å². The largest absolute Gasteiger partial charge is 0.376 e. The molecule has 4 aromatic rings. The molecule has 0 spiro atoms. The maximum absolute atomic E-state index is 12.7. The van der Waals surface area contributed by atoms with Gasteiger partial charge < -0.3 is 20.9 Å². The van der Waals surface area contributed by atoms with Crippen LogP contribution in [0.2, 0.25) is 0 Å². The van der Waals surface area contributed by atoms with E-state index in [0.717, 1.165) is 52.6 Å². The Hall–Kier alpha value is -3.01. The highest BCUT2D eigenvalue weighted by molar-refractivity contribution is 7.19. The predicted molar refractivity (Wildman–Crippen MR) is 129 cm³/mol. The summed E-state index contributed by atoms with van der Waals surface area (Å²) in [5.74, 6) is 0.691. The van der Waals surface area contributed by atoms with Crippen molar-refractivity contribution in [1.82, 2.24) is 15.3 Å². The zero-order valence-electron chi connectivity index (χ0n) is 17.2. The van der Waals surface area contributed by atoms with Crippen LogP contribution in [0.15, 0.2) is 42.0 Å². The van der Waals surface area contributed by atoms with Gasteiger partial charge in [0.2, 0.25) is 0 Å². The Labute approximate surface area is 188 Å². The first-order valence-corrected chi connectivity index (χ1v) is 11.7. The lowest BCUT2D eigenvalue weighted by Crippen LogP contribution is -2.22. The maximum atomic E-state index is 12.7. The number of fused-ring (bicyclic) bond motifs is 3. The number of nitrogens with zero attached hydrogens (tertiary/aromatic N) is 3. The van der Waals surface area contributed by atoms with Crippen LogP contribution in [-0.2, 0) is 13.0 Å². The number of carbonyl (C=O) groups is 1. The molecule has 4 heterocycles. The smallest absolute Gasteiger partial charge is 0.265 e. The van der Waals surface area contributed by atoms with E-state index in [1.807, 2.05) is 54.7 Å². The molecule has 7 nitrogen and oxygen atoms in total. The van der Waals surface area contributed by atoms with Gasteiger partial charge in [-0.1, -0.05) is 6.07 Å². The second-order valence-electron chi connectivity index (χ2n) is 7.52. The highest BCUT2D eigenvalue weighted by Crippen LogP contribution is 2.37. The van der Waals surface area contributed by atoms with E-state index in [0.29, 0.717) is 4.88 Å². The van der Waals surface area contributed by atoms with Gasteiger partial charge in [0, 0.05) is 31.2 Å². The van der Waals surface area contributed by atoms with E-state index in [2.05, 4.69) is 25.9 Å². The van der Waals surface area contributed by atoms with E-state index in [9.17, 15) is 4.79 Å². The minimum atomic E-state index is -0.112. The number of hydrogen-bond acceptors (Lipinski definition) is 8. The molecular weight excluding hydrogens is 428 g/mol. The van der Waals surface area contributed by atoms with Crippen LogP contribution in [0.3, 0.4) is 0 Å². The van der Waals surface area contributed by atoms with Gasteiger partial charge in [-0.2, -0.15) is 0 Å². The van der Waals surface area contributed by atoms with E-state index in [1.165, 1.54) is 21.8 Å². The van der Waals surface area contributed by atoms with Crippen molar-refractivity contribution in [2.45, 2.75) is 13.0 Å². The molecule has 158 valence electrons. The van der Waals surface area contributed by atoms with E-state index >= 15 is 0 Å². The Morgan fingerprint density at radius 3 is 2.94 bits per heavy atom. The summed E-state index contributed by atoms with van der Waals surface area (Å²) in [6.07, 6.45) is 2.58. The molecule has 0 bridgehead atoms. The van der Waals surface area contributed by atoms with E-state index < -0.39 is 0 Å². The first kappa shape index (κ1) is 19.9. The first-order valence-electron chi connectivity index (χ1n) is 9.99. The molecule has 0 aliphatic carbocycles. The monoisotopic (exact) mass is 450 g/mol. The maximum Gasteiger partial charge on any atom is 0.265 e. The SMILES string of the molecule is CN(C)c1ccc(Nc2ncnc3sc4c(c23)CCNC4)cc1NC(=O)c1cccs1. The van der Waals surface area contributed by atoms with Gasteiger partial charge in [0.25, 0.3) is 5.91 Å². The molecule has 1 aliphatic heterocycles. The fourth-order valence-electron chi connectivity index (χ4n) is 3.79. The normalized spacial score (nSPS) is 13.1. The summed E-state index contributed by atoms with van der Waals surface area (Å²) in [6, 6.07) is 9.66.